The highest BCUT2D eigenvalue weighted by Gasteiger charge is 2.66. The van der Waals surface area contributed by atoms with Crippen molar-refractivity contribution < 1.29 is 19.1 Å². The molecule has 27 heavy (non-hydrogen) atoms. The minimum Gasteiger partial charge on any atom is -0.380 e. The van der Waals surface area contributed by atoms with Gasteiger partial charge in [-0.3, -0.25) is 14.6 Å². The molecule has 1 aromatic heterocycles. The molecule has 7 heteroatoms. The average Bonchev–Trinajstić information content (AvgIpc) is 3.31. The molecule has 4 heterocycles. The summed E-state index contributed by atoms with van der Waals surface area (Å²) in [7, 11) is 1.76. The molecule has 2 fully saturated rings. The van der Waals surface area contributed by atoms with Gasteiger partial charge in [0.1, 0.15) is 5.60 Å². The first-order valence-corrected chi connectivity index (χ1v) is 9.44. The van der Waals surface area contributed by atoms with Gasteiger partial charge in [0.2, 0.25) is 11.8 Å². The van der Waals surface area contributed by atoms with Crippen molar-refractivity contribution in [3.05, 3.63) is 42.2 Å². The van der Waals surface area contributed by atoms with Crippen LogP contribution in [0.2, 0.25) is 0 Å². The van der Waals surface area contributed by atoms with E-state index in [1.54, 1.807) is 23.0 Å². The standard InChI is InChI=1S/C20H25N3O4/c1-3-26-11-10-23-13-20-8-7-15(27-20)16(17(20)19(23)25)18(24)22(2)12-14-6-4-5-9-21-14/h4-9,15-17H,3,10-13H2,1-2H3/t15-,16+,17+,20-/m0/s1. The van der Waals surface area contributed by atoms with Crippen molar-refractivity contribution in [3.63, 3.8) is 0 Å². The molecule has 4 rings (SSSR count). The van der Waals surface area contributed by atoms with Crippen molar-refractivity contribution in [1.29, 1.82) is 0 Å². The maximum Gasteiger partial charge on any atom is 0.230 e. The highest BCUT2D eigenvalue weighted by molar-refractivity contribution is 5.93. The summed E-state index contributed by atoms with van der Waals surface area (Å²) in [4.78, 5) is 33.9. The normalized spacial score (nSPS) is 30.8. The van der Waals surface area contributed by atoms with Gasteiger partial charge in [0.15, 0.2) is 0 Å². The first kappa shape index (κ1) is 18.1. The van der Waals surface area contributed by atoms with E-state index in [2.05, 4.69) is 4.98 Å². The quantitative estimate of drug-likeness (QED) is 0.525. The molecule has 3 aliphatic rings. The number of aromatic nitrogens is 1. The van der Waals surface area contributed by atoms with Crippen LogP contribution < -0.4 is 0 Å². The Morgan fingerprint density at radius 2 is 2.33 bits per heavy atom. The number of rotatable bonds is 7. The van der Waals surface area contributed by atoms with Gasteiger partial charge in [-0.25, -0.2) is 0 Å². The lowest BCUT2D eigenvalue weighted by Crippen LogP contribution is -2.44. The topological polar surface area (TPSA) is 72.0 Å². The van der Waals surface area contributed by atoms with Crippen molar-refractivity contribution >= 4 is 11.8 Å². The average molecular weight is 371 g/mol. The molecule has 2 saturated heterocycles. The van der Waals surface area contributed by atoms with Crippen molar-refractivity contribution in [2.45, 2.75) is 25.2 Å². The van der Waals surface area contributed by atoms with Gasteiger partial charge >= 0.3 is 0 Å². The second-order valence-electron chi connectivity index (χ2n) is 7.37. The maximum absolute atomic E-state index is 13.2. The second-order valence-corrected chi connectivity index (χ2v) is 7.37. The van der Waals surface area contributed by atoms with Crippen LogP contribution in [0.15, 0.2) is 36.5 Å². The number of carbonyl (C=O) groups is 2. The number of amides is 2. The number of carbonyl (C=O) groups excluding carboxylic acids is 2. The van der Waals surface area contributed by atoms with E-state index >= 15 is 0 Å². The Morgan fingerprint density at radius 3 is 3.07 bits per heavy atom. The predicted molar refractivity (Wildman–Crippen MR) is 97.5 cm³/mol. The predicted octanol–water partition coefficient (Wildman–Crippen LogP) is 0.858. The molecule has 4 atom stereocenters. The summed E-state index contributed by atoms with van der Waals surface area (Å²) >= 11 is 0. The third-order valence-electron chi connectivity index (χ3n) is 5.68. The van der Waals surface area contributed by atoms with Gasteiger partial charge < -0.3 is 19.3 Å². The molecule has 144 valence electrons. The van der Waals surface area contributed by atoms with E-state index in [0.29, 0.717) is 32.8 Å². The summed E-state index contributed by atoms with van der Waals surface area (Å²) in [6, 6.07) is 5.63. The van der Waals surface area contributed by atoms with Crippen molar-refractivity contribution in [2.75, 3.05) is 33.4 Å². The Hall–Kier alpha value is -2.25. The number of nitrogens with zero attached hydrogens (tertiary/aromatic N) is 3. The van der Waals surface area contributed by atoms with Gasteiger partial charge in [-0.15, -0.1) is 0 Å². The van der Waals surface area contributed by atoms with E-state index in [4.69, 9.17) is 9.47 Å². The third-order valence-corrected chi connectivity index (χ3v) is 5.68. The van der Waals surface area contributed by atoms with Gasteiger partial charge in [0.05, 0.1) is 43.3 Å². The summed E-state index contributed by atoms with van der Waals surface area (Å²) in [5.74, 6) is -1.01. The fraction of sp³-hybridized carbons (Fsp3) is 0.550. The fourth-order valence-electron chi connectivity index (χ4n) is 4.44. The monoisotopic (exact) mass is 371 g/mol. The van der Waals surface area contributed by atoms with Crippen LogP contribution in [0, 0.1) is 11.8 Å². The lowest BCUT2D eigenvalue weighted by atomic mass is 9.76. The molecule has 0 saturated carbocycles. The minimum absolute atomic E-state index is 0.00820. The minimum atomic E-state index is -0.667. The van der Waals surface area contributed by atoms with E-state index in [1.165, 1.54) is 0 Å². The number of ether oxygens (including phenoxy) is 2. The van der Waals surface area contributed by atoms with Crippen molar-refractivity contribution in [3.8, 4) is 0 Å². The zero-order chi connectivity index (χ0) is 19.0. The number of fused-ring (bicyclic) bond motifs is 1. The van der Waals surface area contributed by atoms with Crippen molar-refractivity contribution in [1.82, 2.24) is 14.8 Å². The summed E-state index contributed by atoms with van der Waals surface area (Å²) in [5, 5.41) is 0. The molecule has 2 amide bonds. The zero-order valence-electron chi connectivity index (χ0n) is 15.7. The first-order chi connectivity index (χ1) is 13.1. The summed E-state index contributed by atoms with van der Waals surface area (Å²) in [5.41, 5.74) is 0.152. The Balaban J connectivity index is 1.49. The Kier molecular flexibility index (Phi) is 4.74. The smallest absolute Gasteiger partial charge is 0.230 e. The van der Waals surface area contributed by atoms with Gasteiger partial charge in [0.25, 0.3) is 0 Å². The van der Waals surface area contributed by atoms with Crippen LogP contribution >= 0.6 is 0 Å². The first-order valence-electron chi connectivity index (χ1n) is 9.44. The molecule has 0 aliphatic carbocycles. The molecule has 0 unspecified atom stereocenters. The SMILES string of the molecule is CCOCCN1C[C@]23C=C[C@H](O2)[C@@H](C(=O)N(C)Cc2ccccn2)[C@@H]3C1=O. The van der Waals surface area contributed by atoms with Gasteiger partial charge in [-0.1, -0.05) is 18.2 Å². The highest BCUT2D eigenvalue weighted by Crippen LogP contribution is 2.52. The Morgan fingerprint density at radius 1 is 1.48 bits per heavy atom. The molecule has 3 aliphatic heterocycles. The molecular formula is C20H25N3O4. The Labute approximate surface area is 158 Å². The second kappa shape index (κ2) is 7.05. The Bertz CT molecular complexity index is 753. The van der Waals surface area contributed by atoms with Crippen molar-refractivity contribution in [2.24, 2.45) is 11.8 Å². The van der Waals surface area contributed by atoms with Gasteiger partial charge in [-0.05, 0) is 19.1 Å². The summed E-state index contributed by atoms with van der Waals surface area (Å²) in [6.07, 6.45) is 5.30. The van der Waals surface area contributed by atoms with E-state index in [0.717, 1.165) is 5.69 Å². The fourth-order valence-corrected chi connectivity index (χ4v) is 4.44. The van der Waals surface area contributed by atoms with Crippen LogP contribution in [0.25, 0.3) is 0 Å². The molecule has 7 nitrogen and oxygen atoms in total. The number of pyridine rings is 1. The zero-order valence-corrected chi connectivity index (χ0v) is 15.7. The van der Waals surface area contributed by atoms with Crippen LogP contribution in [-0.2, 0) is 25.6 Å². The number of hydrogen-bond donors (Lipinski definition) is 0. The lowest BCUT2D eigenvalue weighted by Gasteiger charge is -2.27. The van der Waals surface area contributed by atoms with E-state index in [9.17, 15) is 9.59 Å². The maximum atomic E-state index is 13.2. The molecule has 0 aromatic carbocycles. The molecule has 0 radical (unpaired) electrons. The van der Waals surface area contributed by atoms with Crippen LogP contribution in [0.4, 0.5) is 0 Å². The van der Waals surface area contributed by atoms with Gasteiger partial charge in [-0.2, -0.15) is 0 Å². The number of hydrogen-bond acceptors (Lipinski definition) is 5. The molecule has 0 N–H and O–H groups in total. The summed E-state index contributed by atoms with van der Waals surface area (Å²) < 4.78 is 11.5. The van der Waals surface area contributed by atoms with Crippen LogP contribution in [-0.4, -0.2) is 71.7 Å². The molecule has 1 spiro atoms. The van der Waals surface area contributed by atoms with Crippen LogP contribution in [0.1, 0.15) is 12.6 Å². The lowest BCUT2D eigenvalue weighted by molar-refractivity contribution is -0.143. The highest BCUT2D eigenvalue weighted by atomic mass is 16.5. The van der Waals surface area contributed by atoms with Gasteiger partial charge in [0, 0.05) is 26.4 Å². The molecule has 2 bridgehead atoms. The number of likely N-dealkylation sites (tertiary alicyclic amines) is 1. The van der Waals surface area contributed by atoms with Crippen LogP contribution in [0.3, 0.4) is 0 Å². The van der Waals surface area contributed by atoms with Crippen LogP contribution in [0.5, 0.6) is 0 Å². The molecule has 1 aromatic rings. The van der Waals surface area contributed by atoms with E-state index < -0.39 is 17.4 Å². The summed E-state index contributed by atoms with van der Waals surface area (Å²) in [6.45, 7) is 4.47. The molecular weight excluding hydrogens is 346 g/mol. The largest absolute Gasteiger partial charge is 0.380 e. The van der Waals surface area contributed by atoms with E-state index in [-0.39, 0.29) is 17.9 Å². The van der Waals surface area contributed by atoms with E-state index in [1.807, 2.05) is 37.3 Å². The third kappa shape index (κ3) is 3.04.